The maximum atomic E-state index is 3.50. The monoisotopic (exact) mass is 496 g/mol. The average molecular weight is 497 g/mol. The summed E-state index contributed by atoms with van der Waals surface area (Å²) in [5.74, 6) is 0. The average Bonchev–Trinajstić information content (AvgIpc) is 3.52. The van der Waals surface area contributed by atoms with E-state index in [0.29, 0.717) is 0 Å². The minimum absolute atomic E-state index is 0. The summed E-state index contributed by atoms with van der Waals surface area (Å²) in [6, 6.07) is 21.4. The van der Waals surface area contributed by atoms with Crippen molar-refractivity contribution >= 4 is 33.0 Å². The number of hydrogen-bond donors (Lipinski definition) is 2. The van der Waals surface area contributed by atoms with Crippen molar-refractivity contribution in [3.63, 3.8) is 0 Å². The van der Waals surface area contributed by atoms with E-state index in [-0.39, 0.29) is 36.6 Å². The molecule has 2 N–H and O–H groups in total. The van der Waals surface area contributed by atoms with Crippen molar-refractivity contribution < 1.29 is 21.7 Å². The Balaban J connectivity index is 0.000000227. The predicted molar refractivity (Wildman–Crippen MR) is 151 cm³/mol. The maximum Gasteiger partial charge on any atom is 2.00 e. The van der Waals surface area contributed by atoms with Crippen molar-refractivity contribution in [3.05, 3.63) is 121 Å². The van der Waals surface area contributed by atoms with Crippen molar-refractivity contribution in [1.29, 1.82) is 0 Å². The fourth-order valence-corrected chi connectivity index (χ4v) is 4.94. The third-order valence-corrected chi connectivity index (χ3v) is 6.50. The largest absolute Gasteiger partial charge is 2.00 e. The SMILES string of the molecule is CC1=CC(C)=C(c2cc3ccccc3[nH]2)C1.CC1=CC(C)=C(c2cc3ccccc3[nH]2)C1.[CH3-].[CH3-].[Ti+2]. The normalized spacial score (nSPS) is 14.6. The molecule has 0 atom stereocenters. The molecule has 0 saturated carbocycles. The molecule has 3 heteroatoms. The van der Waals surface area contributed by atoms with Crippen LogP contribution >= 0.6 is 0 Å². The second-order valence-corrected chi connectivity index (χ2v) is 9.20. The Bertz CT molecular complexity index is 1280. The minimum Gasteiger partial charge on any atom is -0.358 e. The summed E-state index contributed by atoms with van der Waals surface area (Å²) in [4.78, 5) is 6.99. The van der Waals surface area contributed by atoms with Crippen LogP contribution in [0, 0.1) is 14.9 Å². The van der Waals surface area contributed by atoms with E-state index in [1.54, 1.807) is 0 Å². The van der Waals surface area contributed by atoms with Gasteiger partial charge in [-0.1, -0.05) is 59.7 Å². The van der Waals surface area contributed by atoms with E-state index in [4.69, 9.17) is 0 Å². The van der Waals surface area contributed by atoms with Crippen LogP contribution in [0.2, 0.25) is 0 Å². The second-order valence-electron chi connectivity index (χ2n) is 9.20. The molecule has 0 unspecified atom stereocenters. The van der Waals surface area contributed by atoms with Crippen molar-refractivity contribution in [3.8, 4) is 0 Å². The molecule has 35 heavy (non-hydrogen) atoms. The molecule has 4 aromatic rings. The Kier molecular flexibility index (Phi) is 9.55. The molecule has 0 fully saturated rings. The Morgan fingerprint density at radius 1 is 0.571 bits per heavy atom. The van der Waals surface area contributed by atoms with Gasteiger partial charge in [0.15, 0.2) is 0 Å². The number of hydrogen-bond acceptors (Lipinski definition) is 0. The predicted octanol–water partition coefficient (Wildman–Crippen LogP) is 9.48. The van der Waals surface area contributed by atoms with Crippen molar-refractivity contribution in [2.75, 3.05) is 0 Å². The van der Waals surface area contributed by atoms with Crippen molar-refractivity contribution in [2.45, 2.75) is 40.5 Å². The van der Waals surface area contributed by atoms with Crippen molar-refractivity contribution in [1.82, 2.24) is 9.97 Å². The van der Waals surface area contributed by atoms with Crippen LogP contribution in [-0.4, -0.2) is 9.97 Å². The maximum absolute atomic E-state index is 3.50. The number of nitrogens with one attached hydrogen (secondary N) is 2. The molecular formula is C32H36N2Ti. The van der Waals surface area contributed by atoms with Gasteiger partial charge in [0.05, 0.1) is 0 Å². The zero-order valence-corrected chi connectivity index (χ0v) is 23.4. The molecule has 0 spiro atoms. The first-order valence-electron chi connectivity index (χ1n) is 11.4. The third kappa shape index (κ3) is 5.89. The Labute approximate surface area is 225 Å². The summed E-state index contributed by atoms with van der Waals surface area (Å²) in [5.41, 5.74) is 13.6. The van der Waals surface area contributed by atoms with Gasteiger partial charge < -0.3 is 24.8 Å². The molecule has 2 aliphatic carbocycles. The van der Waals surface area contributed by atoms with Gasteiger partial charge in [0.2, 0.25) is 0 Å². The van der Waals surface area contributed by atoms with Crippen LogP contribution in [0.25, 0.3) is 33.0 Å². The van der Waals surface area contributed by atoms with Gasteiger partial charge in [-0.3, -0.25) is 0 Å². The van der Waals surface area contributed by atoms with E-state index in [9.17, 15) is 0 Å². The standard InChI is InChI=1S/2C15H15N.2CH3.Ti/c2*1-10-7-11(2)13(8-10)15-9-12-5-3-4-6-14(12)16-15;;;/h2*3-7,9,16H,8H2,1-2H3;2*1H3;/q;;2*-1;+2. The smallest absolute Gasteiger partial charge is 0.358 e. The van der Waals surface area contributed by atoms with Crippen LogP contribution in [0.5, 0.6) is 0 Å². The first kappa shape index (κ1) is 28.4. The number of H-pyrrole nitrogens is 2. The van der Waals surface area contributed by atoms with Crippen LogP contribution < -0.4 is 0 Å². The Morgan fingerprint density at radius 2 is 0.943 bits per heavy atom. The molecular weight excluding hydrogens is 460 g/mol. The molecule has 2 aromatic heterocycles. The number of rotatable bonds is 2. The molecule has 0 aliphatic heterocycles. The van der Waals surface area contributed by atoms with Crippen LogP contribution in [0.4, 0.5) is 0 Å². The van der Waals surface area contributed by atoms with E-state index in [1.165, 1.54) is 66.6 Å². The molecule has 2 aliphatic rings. The number of aromatic nitrogens is 2. The number of aromatic amines is 2. The van der Waals surface area contributed by atoms with E-state index < -0.39 is 0 Å². The van der Waals surface area contributed by atoms with Crippen molar-refractivity contribution in [2.24, 2.45) is 0 Å². The molecule has 0 bridgehead atoms. The number of allylic oxidation sites excluding steroid dienone is 8. The van der Waals surface area contributed by atoms with Crippen LogP contribution in [0.15, 0.2) is 95.1 Å². The zero-order valence-electron chi connectivity index (χ0n) is 21.8. The van der Waals surface area contributed by atoms with Gasteiger partial charge >= 0.3 is 21.7 Å². The summed E-state index contributed by atoms with van der Waals surface area (Å²) in [7, 11) is 0. The second kappa shape index (κ2) is 11.8. The summed E-state index contributed by atoms with van der Waals surface area (Å²) >= 11 is 0. The quantitative estimate of drug-likeness (QED) is 0.205. The number of fused-ring (bicyclic) bond motifs is 2. The molecule has 0 saturated heterocycles. The molecule has 178 valence electrons. The fraction of sp³-hybridized carbons (Fsp3) is 0.188. The van der Waals surface area contributed by atoms with Gasteiger partial charge in [-0.2, -0.15) is 0 Å². The number of benzene rings is 2. The van der Waals surface area contributed by atoms with Crippen LogP contribution in [-0.2, 0) is 21.7 Å². The van der Waals surface area contributed by atoms with Gasteiger partial charge in [0, 0.05) is 22.4 Å². The van der Waals surface area contributed by atoms with E-state index >= 15 is 0 Å². The van der Waals surface area contributed by atoms with Gasteiger partial charge in [0.25, 0.3) is 0 Å². The molecule has 2 heterocycles. The fourth-order valence-electron chi connectivity index (χ4n) is 4.94. The van der Waals surface area contributed by atoms with Crippen LogP contribution in [0.3, 0.4) is 0 Å². The molecule has 0 amide bonds. The van der Waals surface area contributed by atoms with Gasteiger partial charge in [-0.05, 0) is 97.9 Å². The summed E-state index contributed by atoms with van der Waals surface area (Å²) in [6.07, 6.45) is 6.72. The van der Waals surface area contributed by atoms with E-state index in [2.05, 4.69) is 110 Å². The van der Waals surface area contributed by atoms with E-state index in [1.807, 2.05) is 0 Å². The van der Waals surface area contributed by atoms with E-state index in [0.717, 1.165) is 12.8 Å². The summed E-state index contributed by atoms with van der Waals surface area (Å²) in [6.45, 7) is 8.77. The Hall–Kier alpha value is -2.81. The third-order valence-electron chi connectivity index (χ3n) is 6.50. The topological polar surface area (TPSA) is 31.6 Å². The summed E-state index contributed by atoms with van der Waals surface area (Å²) < 4.78 is 0. The van der Waals surface area contributed by atoms with Gasteiger partial charge in [0.1, 0.15) is 0 Å². The first-order chi connectivity index (χ1) is 15.5. The van der Waals surface area contributed by atoms with Crippen LogP contribution in [0.1, 0.15) is 51.9 Å². The molecule has 2 aromatic carbocycles. The minimum atomic E-state index is 0. The number of para-hydroxylation sites is 2. The van der Waals surface area contributed by atoms with Gasteiger partial charge in [-0.15, -0.1) is 0 Å². The van der Waals surface area contributed by atoms with Gasteiger partial charge in [-0.25, -0.2) is 0 Å². The zero-order chi connectivity index (χ0) is 22.2. The Morgan fingerprint density at radius 3 is 1.26 bits per heavy atom. The molecule has 0 radical (unpaired) electrons. The molecule has 2 nitrogen and oxygen atoms in total. The first-order valence-corrected chi connectivity index (χ1v) is 11.4. The molecule has 6 rings (SSSR count). The summed E-state index contributed by atoms with van der Waals surface area (Å²) in [5, 5.41) is 2.59.